The maximum Gasteiger partial charge on any atom is 0.186 e. The van der Waals surface area contributed by atoms with Crippen LogP contribution in [0.1, 0.15) is 25.6 Å². The summed E-state index contributed by atoms with van der Waals surface area (Å²) < 4.78 is 0. The van der Waals surface area contributed by atoms with Crippen molar-refractivity contribution >= 4 is 34.4 Å². The van der Waals surface area contributed by atoms with E-state index in [1.54, 1.807) is 11.3 Å². The van der Waals surface area contributed by atoms with Crippen LogP contribution in [0.2, 0.25) is 0 Å². The van der Waals surface area contributed by atoms with E-state index < -0.39 is 0 Å². The lowest BCUT2D eigenvalue weighted by Gasteiger charge is -2.09. The van der Waals surface area contributed by atoms with Crippen molar-refractivity contribution in [2.75, 3.05) is 6.54 Å². The molecule has 0 unspecified atom stereocenters. The van der Waals surface area contributed by atoms with Gasteiger partial charge in [-0.25, -0.2) is 0 Å². The molecule has 0 atom stereocenters. The summed E-state index contributed by atoms with van der Waals surface area (Å²) in [4.78, 5) is 1.15. The van der Waals surface area contributed by atoms with Gasteiger partial charge in [-0.05, 0) is 36.5 Å². The van der Waals surface area contributed by atoms with Crippen LogP contribution >= 0.6 is 23.6 Å². The molecule has 0 bridgehead atoms. The van der Waals surface area contributed by atoms with E-state index in [2.05, 4.69) is 29.7 Å². The largest absolute Gasteiger partial charge is 0.361 e. The molecule has 16 heavy (non-hydrogen) atoms. The Hall–Kier alpha value is -0.940. The first kappa shape index (κ1) is 13.1. The summed E-state index contributed by atoms with van der Waals surface area (Å²) in [6.45, 7) is 7.09. The molecule has 88 valence electrons. The summed E-state index contributed by atoms with van der Waals surface area (Å²) >= 11 is 6.76. The molecular formula is C11H17N3S2. The maximum atomic E-state index is 5.09. The summed E-state index contributed by atoms with van der Waals surface area (Å²) in [6, 6.07) is 4.05. The summed E-state index contributed by atoms with van der Waals surface area (Å²) in [5, 5.41) is 9.92. The molecule has 0 aliphatic rings. The van der Waals surface area contributed by atoms with Gasteiger partial charge >= 0.3 is 0 Å². The molecule has 0 spiro atoms. The van der Waals surface area contributed by atoms with Gasteiger partial charge in [0.2, 0.25) is 0 Å². The third-order valence-electron chi connectivity index (χ3n) is 1.87. The van der Waals surface area contributed by atoms with Crippen molar-refractivity contribution < 1.29 is 0 Å². The van der Waals surface area contributed by atoms with Crippen molar-refractivity contribution in [3.8, 4) is 0 Å². The van der Waals surface area contributed by atoms with E-state index in [0.29, 0.717) is 11.0 Å². The first-order valence-corrected chi connectivity index (χ1v) is 6.50. The van der Waals surface area contributed by atoms with Crippen LogP contribution in [0.5, 0.6) is 0 Å². The molecular weight excluding hydrogens is 238 g/mol. The Kier molecular flexibility index (Phi) is 5.42. The fourth-order valence-corrected chi connectivity index (χ4v) is 1.82. The number of hydrogen-bond donors (Lipinski definition) is 2. The molecule has 1 aromatic heterocycles. The predicted octanol–water partition coefficient (Wildman–Crippen LogP) is 2.59. The van der Waals surface area contributed by atoms with E-state index in [0.717, 1.165) is 17.1 Å². The Labute approximate surface area is 106 Å². The lowest BCUT2D eigenvalue weighted by Crippen LogP contribution is -2.34. The Balaban J connectivity index is 2.38. The topological polar surface area (TPSA) is 36.4 Å². The van der Waals surface area contributed by atoms with Crippen molar-refractivity contribution in [1.82, 2.24) is 10.7 Å². The smallest absolute Gasteiger partial charge is 0.186 e. The molecule has 0 saturated heterocycles. The van der Waals surface area contributed by atoms with Crippen molar-refractivity contribution in [2.24, 2.45) is 11.0 Å². The summed E-state index contributed by atoms with van der Waals surface area (Å²) in [6.07, 6.45) is 0. The molecule has 3 nitrogen and oxygen atoms in total. The van der Waals surface area contributed by atoms with Gasteiger partial charge in [0.15, 0.2) is 5.11 Å². The van der Waals surface area contributed by atoms with Gasteiger partial charge in [0, 0.05) is 11.4 Å². The SMILES string of the molecule is C/C(=N/NC(=S)NCC(C)C)c1cccs1. The van der Waals surface area contributed by atoms with Crippen LogP contribution in [-0.2, 0) is 0 Å². The minimum Gasteiger partial charge on any atom is -0.361 e. The number of rotatable bonds is 4. The van der Waals surface area contributed by atoms with E-state index >= 15 is 0 Å². The molecule has 0 aromatic carbocycles. The summed E-state index contributed by atoms with van der Waals surface area (Å²) in [7, 11) is 0. The van der Waals surface area contributed by atoms with E-state index in [-0.39, 0.29) is 0 Å². The highest BCUT2D eigenvalue weighted by Gasteiger charge is 1.99. The lowest BCUT2D eigenvalue weighted by molar-refractivity contribution is 0.621. The molecule has 0 amide bonds. The van der Waals surface area contributed by atoms with Crippen LogP contribution in [0.3, 0.4) is 0 Å². The van der Waals surface area contributed by atoms with Crippen LogP contribution in [-0.4, -0.2) is 17.4 Å². The average Bonchev–Trinajstić information content (AvgIpc) is 2.76. The fraction of sp³-hybridized carbons (Fsp3) is 0.455. The van der Waals surface area contributed by atoms with Crippen molar-refractivity contribution in [1.29, 1.82) is 0 Å². The molecule has 0 fully saturated rings. The third-order valence-corrected chi connectivity index (χ3v) is 3.09. The highest BCUT2D eigenvalue weighted by atomic mass is 32.1. The molecule has 5 heteroatoms. The first-order chi connectivity index (χ1) is 7.59. The zero-order valence-corrected chi connectivity index (χ0v) is 11.4. The van der Waals surface area contributed by atoms with Crippen molar-refractivity contribution in [3.05, 3.63) is 22.4 Å². The second kappa shape index (κ2) is 6.60. The van der Waals surface area contributed by atoms with Gasteiger partial charge in [-0.3, -0.25) is 5.43 Å². The van der Waals surface area contributed by atoms with Crippen LogP contribution < -0.4 is 10.7 Å². The molecule has 2 N–H and O–H groups in total. The van der Waals surface area contributed by atoms with Gasteiger partial charge in [0.1, 0.15) is 0 Å². The number of thiocarbonyl (C=S) groups is 1. The van der Waals surface area contributed by atoms with E-state index in [1.165, 1.54) is 0 Å². The first-order valence-electron chi connectivity index (χ1n) is 5.21. The van der Waals surface area contributed by atoms with Crippen LogP contribution in [0.4, 0.5) is 0 Å². The lowest BCUT2D eigenvalue weighted by atomic mass is 10.2. The Morgan fingerprint density at radius 2 is 2.31 bits per heavy atom. The average molecular weight is 255 g/mol. The van der Waals surface area contributed by atoms with E-state index in [1.807, 2.05) is 24.4 Å². The highest BCUT2D eigenvalue weighted by molar-refractivity contribution is 7.80. The van der Waals surface area contributed by atoms with Gasteiger partial charge < -0.3 is 5.32 Å². The zero-order chi connectivity index (χ0) is 12.0. The molecule has 0 radical (unpaired) electrons. The third kappa shape index (κ3) is 4.72. The van der Waals surface area contributed by atoms with Gasteiger partial charge in [-0.15, -0.1) is 11.3 Å². The molecule has 0 aliphatic heterocycles. The van der Waals surface area contributed by atoms with Crippen LogP contribution in [0.25, 0.3) is 0 Å². The van der Waals surface area contributed by atoms with Crippen LogP contribution in [0, 0.1) is 5.92 Å². The van der Waals surface area contributed by atoms with Gasteiger partial charge in [-0.2, -0.15) is 5.10 Å². The second-order valence-corrected chi connectivity index (χ2v) is 5.25. The molecule has 1 heterocycles. The fourth-order valence-electron chi connectivity index (χ4n) is 1.01. The second-order valence-electron chi connectivity index (χ2n) is 3.89. The quantitative estimate of drug-likeness (QED) is 0.493. The minimum absolute atomic E-state index is 0.571. The molecule has 0 saturated carbocycles. The number of nitrogens with one attached hydrogen (secondary N) is 2. The Morgan fingerprint density at radius 3 is 2.88 bits per heavy atom. The van der Waals surface area contributed by atoms with Gasteiger partial charge in [0.25, 0.3) is 0 Å². The highest BCUT2D eigenvalue weighted by Crippen LogP contribution is 2.08. The van der Waals surface area contributed by atoms with E-state index in [4.69, 9.17) is 12.2 Å². The number of hydrazone groups is 1. The monoisotopic (exact) mass is 255 g/mol. The standard InChI is InChI=1S/C11H17N3S2/c1-8(2)7-12-11(15)14-13-9(3)10-5-4-6-16-10/h4-6,8H,7H2,1-3H3,(H2,12,14,15)/b13-9-. The zero-order valence-electron chi connectivity index (χ0n) is 9.78. The number of hydrogen-bond acceptors (Lipinski definition) is 3. The Morgan fingerprint density at radius 1 is 1.56 bits per heavy atom. The van der Waals surface area contributed by atoms with Crippen molar-refractivity contribution in [2.45, 2.75) is 20.8 Å². The predicted molar refractivity (Wildman–Crippen MR) is 75.1 cm³/mol. The van der Waals surface area contributed by atoms with Crippen molar-refractivity contribution in [3.63, 3.8) is 0 Å². The maximum absolute atomic E-state index is 5.09. The number of thiophene rings is 1. The number of nitrogens with zero attached hydrogens (tertiary/aromatic N) is 1. The minimum atomic E-state index is 0.571. The van der Waals surface area contributed by atoms with Crippen LogP contribution in [0.15, 0.2) is 22.6 Å². The Bertz CT molecular complexity index is 355. The molecule has 1 aromatic rings. The normalized spacial score (nSPS) is 11.6. The summed E-state index contributed by atoms with van der Waals surface area (Å²) in [5.41, 5.74) is 3.79. The molecule has 1 rings (SSSR count). The molecule has 0 aliphatic carbocycles. The summed E-state index contributed by atoms with van der Waals surface area (Å²) in [5.74, 6) is 0.571. The van der Waals surface area contributed by atoms with Gasteiger partial charge in [-0.1, -0.05) is 19.9 Å². The van der Waals surface area contributed by atoms with Gasteiger partial charge in [0.05, 0.1) is 5.71 Å². The van der Waals surface area contributed by atoms with E-state index in [9.17, 15) is 0 Å².